The predicted molar refractivity (Wildman–Crippen MR) is 67.2 cm³/mol. The summed E-state index contributed by atoms with van der Waals surface area (Å²) in [6.45, 7) is 1.63. The van der Waals surface area contributed by atoms with Crippen LogP contribution in [-0.4, -0.2) is 46.6 Å². The quantitative estimate of drug-likeness (QED) is 0.767. The van der Waals surface area contributed by atoms with Crippen LogP contribution in [0.2, 0.25) is 0 Å². The highest BCUT2D eigenvalue weighted by Gasteiger charge is 2.39. The molecule has 0 aromatic heterocycles. The van der Waals surface area contributed by atoms with E-state index in [9.17, 15) is 9.59 Å². The second-order valence-corrected chi connectivity index (χ2v) is 5.46. The zero-order valence-corrected chi connectivity index (χ0v) is 10.9. The predicted octanol–water partition coefficient (Wildman–Crippen LogP) is 0.983. The highest BCUT2D eigenvalue weighted by Crippen LogP contribution is 2.33. The number of carbonyl (C=O) groups excluding carboxylic acids is 1. The van der Waals surface area contributed by atoms with Gasteiger partial charge in [0.15, 0.2) is 0 Å². The maximum Gasteiger partial charge on any atom is 0.317 e. The number of carboxylic acids is 1. The molecular weight excluding hydrogens is 232 g/mol. The zero-order valence-electron chi connectivity index (χ0n) is 10.9. The standard InChI is InChI=1S/C13H22N2O3/c1-9(16)14-11-4-2-3-5-12(11)15(8-13(17)18)10-6-7-10/h10-12H,2-8H2,1H3,(H,14,16)(H,17,18)/t11-,12-/m1/s1. The van der Waals surface area contributed by atoms with Gasteiger partial charge < -0.3 is 10.4 Å². The maximum atomic E-state index is 11.2. The van der Waals surface area contributed by atoms with Crippen molar-refractivity contribution in [1.29, 1.82) is 0 Å². The summed E-state index contributed by atoms with van der Waals surface area (Å²) >= 11 is 0. The first kappa shape index (κ1) is 13.3. The Hall–Kier alpha value is -1.10. The summed E-state index contributed by atoms with van der Waals surface area (Å²) in [5.41, 5.74) is 0. The topological polar surface area (TPSA) is 69.6 Å². The molecule has 5 heteroatoms. The number of hydrogen-bond donors (Lipinski definition) is 2. The van der Waals surface area contributed by atoms with Crippen molar-refractivity contribution >= 4 is 11.9 Å². The van der Waals surface area contributed by atoms with E-state index in [1.807, 2.05) is 0 Å². The first-order valence-corrected chi connectivity index (χ1v) is 6.82. The number of carbonyl (C=O) groups is 2. The molecule has 2 N–H and O–H groups in total. The van der Waals surface area contributed by atoms with E-state index in [2.05, 4.69) is 10.2 Å². The van der Waals surface area contributed by atoms with Crippen molar-refractivity contribution in [2.45, 2.75) is 63.6 Å². The van der Waals surface area contributed by atoms with E-state index in [0.717, 1.165) is 38.5 Å². The summed E-state index contributed by atoms with van der Waals surface area (Å²) in [5, 5.41) is 12.0. The van der Waals surface area contributed by atoms with E-state index in [4.69, 9.17) is 5.11 Å². The van der Waals surface area contributed by atoms with Crippen LogP contribution in [0.15, 0.2) is 0 Å². The zero-order chi connectivity index (χ0) is 13.1. The van der Waals surface area contributed by atoms with Crippen molar-refractivity contribution < 1.29 is 14.7 Å². The van der Waals surface area contributed by atoms with Crippen molar-refractivity contribution in [2.24, 2.45) is 0 Å². The van der Waals surface area contributed by atoms with E-state index in [1.165, 1.54) is 6.92 Å². The summed E-state index contributed by atoms with van der Waals surface area (Å²) in [5.74, 6) is -0.785. The number of aliphatic carboxylic acids is 1. The largest absolute Gasteiger partial charge is 0.480 e. The highest BCUT2D eigenvalue weighted by molar-refractivity contribution is 5.73. The molecule has 2 rings (SSSR count). The number of nitrogens with zero attached hydrogens (tertiary/aromatic N) is 1. The lowest BCUT2D eigenvalue weighted by atomic mass is 9.88. The van der Waals surface area contributed by atoms with Gasteiger partial charge in [-0.05, 0) is 25.7 Å². The molecule has 0 bridgehead atoms. The minimum atomic E-state index is -0.769. The van der Waals surface area contributed by atoms with Gasteiger partial charge in [0.25, 0.3) is 0 Å². The van der Waals surface area contributed by atoms with Crippen molar-refractivity contribution in [1.82, 2.24) is 10.2 Å². The van der Waals surface area contributed by atoms with Gasteiger partial charge in [-0.2, -0.15) is 0 Å². The number of nitrogens with one attached hydrogen (secondary N) is 1. The number of hydrogen-bond acceptors (Lipinski definition) is 3. The van der Waals surface area contributed by atoms with Crippen molar-refractivity contribution in [3.05, 3.63) is 0 Å². The van der Waals surface area contributed by atoms with E-state index < -0.39 is 5.97 Å². The summed E-state index contributed by atoms with van der Waals surface area (Å²) in [6.07, 6.45) is 6.39. The number of carboxylic acid groups (broad SMARTS) is 1. The molecule has 18 heavy (non-hydrogen) atoms. The van der Waals surface area contributed by atoms with Crippen molar-refractivity contribution in [3.8, 4) is 0 Å². The molecule has 2 aliphatic carbocycles. The van der Waals surface area contributed by atoms with Crippen LogP contribution < -0.4 is 5.32 Å². The second-order valence-electron chi connectivity index (χ2n) is 5.46. The van der Waals surface area contributed by atoms with Gasteiger partial charge in [0.2, 0.25) is 5.91 Å². The van der Waals surface area contributed by atoms with Gasteiger partial charge in [0.05, 0.1) is 6.54 Å². The lowest BCUT2D eigenvalue weighted by Crippen LogP contribution is -2.54. The van der Waals surface area contributed by atoms with Crippen LogP contribution in [0.5, 0.6) is 0 Å². The average molecular weight is 254 g/mol. The minimum Gasteiger partial charge on any atom is -0.480 e. The Labute approximate surface area is 108 Å². The lowest BCUT2D eigenvalue weighted by molar-refractivity contribution is -0.139. The van der Waals surface area contributed by atoms with Crippen LogP contribution in [0.25, 0.3) is 0 Å². The van der Waals surface area contributed by atoms with Crippen LogP contribution in [0.1, 0.15) is 45.4 Å². The first-order valence-electron chi connectivity index (χ1n) is 6.82. The third kappa shape index (κ3) is 3.45. The molecule has 0 aromatic carbocycles. The lowest BCUT2D eigenvalue weighted by Gasteiger charge is -2.39. The van der Waals surface area contributed by atoms with Gasteiger partial charge in [-0.25, -0.2) is 0 Å². The van der Waals surface area contributed by atoms with Crippen LogP contribution >= 0.6 is 0 Å². The Kier molecular flexibility index (Phi) is 4.22. The van der Waals surface area contributed by atoms with Gasteiger partial charge >= 0.3 is 5.97 Å². The van der Waals surface area contributed by atoms with Gasteiger partial charge in [0, 0.05) is 25.0 Å². The van der Waals surface area contributed by atoms with E-state index in [1.54, 1.807) is 0 Å². The molecule has 0 heterocycles. The molecule has 2 saturated carbocycles. The Balaban J connectivity index is 2.04. The van der Waals surface area contributed by atoms with Crippen molar-refractivity contribution in [2.75, 3.05) is 6.54 Å². The van der Waals surface area contributed by atoms with Crippen LogP contribution in [-0.2, 0) is 9.59 Å². The third-order valence-corrected chi connectivity index (χ3v) is 3.88. The molecule has 5 nitrogen and oxygen atoms in total. The SMILES string of the molecule is CC(=O)N[C@@H]1CCCC[C@H]1N(CC(=O)O)C1CC1. The van der Waals surface area contributed by atoms with Gasteiger partial charge in [-0.15, -0.1) is 0 Å². The molecule has 0 unspecified atom stereocenters. The maximum absolute atomic E-state index is 11.2. The fourth-order valence-corrected chi connectivity index (χ4v) is 3.02. The monoisotopic (exact) mass is 254 g/mol. The summed E-state index contributed by atoms with van der Waals surface area (Å²) in [6, 6.07) is 0.739. The van der Waals surface area contributed by atoms with E-state index >= 15 is 0 Å². The molecule has 2 fully saturated rings. The fraction of sp³-hybridized carbons (Fsp3) is 0.846. The highest BCUT2D eigenvalue weighted by atomic mass is 16.4. The Bertz CT molecular complexity index is 328. The molecule has 0 aromatic rings. The van der Waals surface area contributed by atoms with Crippen LogP contribution in [0, 0.1) is 0 Å². The minimum absolute atomic E-state index is 0.0158. The molecule has 102 valence electrons. The Morgan fingerprint density at radius 3 is 2.44 bits per heavy atom. The summed E-state index contributed by atoms with van der Waals surface area (Å²) < 4.78 is 0. The van der Waals surface area contributed by atoms with Gasteiger partial charge in [-0.3, -0.25) is 14.5 Å². The van der Waals surface area contributed by atoms with Gasteiger partial charge in [0.1, 0.15) is 0 Å². The van der Waals surface area contributed by atoms with Crippen molar-refractivity contribution in [3.63, 3.8) is 0 Å². The van der Waals surface area contributed by atoms with E-state index in [-0.39, 0.29) is 24.5 Å². The Morgan fingerprint density at radius 1 is 1.22 bits per heavy atom. The van der Waals surface area contributed by atoms with Gasteiger partial charge in [-0.1, -0.05) is 12.8 Å². The van der Waals surface area contributed by atoms with E-state index in [0.29, 0.717) is 6.04 Å². The smallest absolute Gasteiger partial charge is 0.317 e. The fourth-order valence-electron chi connectivity index (χ4n) is 3.02. The molecule has 0 radical (unpaired) electrons. The molecule has 0 saturated heterocycles. The summed E-state index contributed by atoms with van der Waals surface area (Å²) in [4.78, 5) is 24.3. The number of amides is 1. The van der Waals surface area contributed by atoms with Crippen LogP contribution in [0.4, 0.5) is 0 Å². The molecule has 2 atom stereocenters. The Morgan fingerprint density at radius 2 is 1.89 bits per heavy atom. The second kappa shape index (κ2) is 5.69. The molecule has 1 amide bonds. The third-order valence-electron chi connectivity index (χ3n) is 3.88. The summed E-state index contributed by atoms with van der Waals surface area (Å²) in [7, 11) is 0. The number of rotatable bonds is 5. The molecule has 0 spiro atoms. The van der Waals surface area contributed by atoms with Crippen LogP contribution in [0.3, 0.4) is 0 Å². The first-order chi connectivity index (χ1) is 8.58. The molecular formula is C13H22N2O3. The normalized spacial score (nSPS) is 28.1. The average Bonchev–Trinajstić information content (AvgIpc) is 3.09. The molecule has 2 aliphatic rings. The molecule has 0 aliphatic heterocycles.